The Hall–Kier alpha value is -0.620. The summed E-state index contributed by atoms with van der Waals surface area (Å²) < 4.78 is 26.5. The lowest BCUT2D eigenvalue weighted by Gasteiger charge is -2.17. The predicted molar refractivity (Wildman–Crippen MR) is 57.3 cm³/mol. The quantitative estimate of drug-likeness (QED) is 0.746. The van der Waals surface area contributed by atoms with Gasteiger partial charge in [-0.1, -0.05) is 13.8 Å². The number of rotatable bonds is 5. The fourth-order valence-corrected chi connectivity index (χ4v) is 2.14. The van der Waals surface area contributed by atoms with Crippen LogP contribution in [0.15, 0.2) is 0 Å². The summed E-state index contributed by atoms with van der Waals surface area (Å²) in [7, 11) is -2.13. The first-order valence-corrected chi connectivity index (χ1v) is 6.55. The van der Waals surface area contributed by atoms with Gasteiger partial charge in [-0.3, -0.25) is 4.79 Å². The zero-order valence-electron chi connectivity index (χ0n) is 9.36. The molecule has 1 fully saturated rings. The second-order valence-electron chi connectivity index (χ2n) is 4.35. The van der Waals surface area contributed by atoms with E-state index in [0.717, 1.165) is 12.8 Å². The fraction of sp³-hybridized carbons (Fsp3) is 0.889. The molecule has 1 saturated carbocycles. The Balaban J connectivity index is 2.52. The maximum absolute atomic E-state index is 11.6. The first-order chi connectivity index (χ1) is 6.83. The smallest absolute Gasteiger partial charge is 0.274 e. The molecule has 0 saturated heterocycles. The Morgan fingerprint density at radius 1 is 1.47 bits per heavy atom. The lowest BCUT2D eigenvalue weighted by molar-refractivity contribution is -0.122. The zero-order valence-corrected chi connectivity index (χ0v) is 10.2. The van der Waals surface area contributed by atoms with Crippen molar-refractivity contribution in [2.45, 2.75) is 26.7 Å². The lowest BCUT2D eigenvalue weighted by Crippen LogP contribution is -2.43. The van der Waals surface area contributed by atoms with Gasteiger partial charge in [0, 0.05) is 19.5 Å². The molecule has 0 spiro atoms. The van der Waals surface area contributed by atoms with Crippen LogP contribution in [0.2, 0.25) is 0 Å². The van der Waals surface area contributed by atoms with Gasteiger partial charge in [-0.25, -0.2) is 4.72 Å². The van der Waals surface area contributed by atoms with Gasteiger partial charge in [0.1, 0.15) is 0 Å². The third kappa shape index (κ3) is 3.79. The van der Waals surface area contributed by atoms with Crippen molar-refractivity contribution in [2.75, 3.05) is 13.6 Å². The van der Waals surface area contributed by atoms with Crippen LogP contribution in [0.25, 0.3) is 0 Å². The van der Waals surface area contributed by atoms with Crippen LogP contribution in [0, 0.1) is 11.8 Å². The average molecular weight is 234 g/mol. The van der Waals surface area contributed by atoms with E-state index in [9.17, 15) is 13.2 Å². The summed E-state index contributed by atoms with van der Waals surface area (Å²) in [6, 6.07) is 0. The second-order valence-corrected chi connectivity index (χ2v) is 6.13. The van der Waals surface area contributed by atoms with Crippen LogP contribution in [0.5, 0.6) is 0 Å². The summed E-state index contributed by atoms with van der Waals surface area (Å²) in [5, 5.41) is 0. The molecule has 0 aromatic rings. The lowest BCUT2D eigenvalue weighted by atomic mass is 10.2. The van der Waals surface area contributed by atoms with E-state index in [1.807, 2.05) is 4.72 Å². The van der Waals surface area contributed by atoms with Gasteiger partial charge >= 0.3 is 10.2 Å². The molecule has 1 amide bonds. The summed E-state index contributed by atoms with van der Waals surface area (Å²) in [4.78, 5) is 11.2. The first-order valence-electron chi connectivity index (χ1n) is 5.11. The number of carbonyl (C=O) groups excluding carboxylic acids is 1. The normalized spacial score (nSPS) is 17.1. The number of amides is 1. The maximum Gasteiger partial charge on any atom is 0.303 e. The van der Waals surface area contributed by atoms with Crippen LogP contribution in [0.1, 0.15) is 26.7 Å². The van der Waals surface area contributed by atoms with Gasteiger partial charge in [-0.2, -0.15) is 12.7 Å². The largest absolute Gasteiger partial charge is 0.303 e. The van der Waals surface area contributed by atoms with Crippen LogP contribution in [-0.2, 0) is 15.0 Å². The highest BCUT2D eigenvalue weighted by Crippen LogP contribution is 2.29. The number of hydrogen-bond acceptors (Lipinski definition) is 3. The van der Waals surface area contributed by atoms with E-state index < -0.39 is 16.1 Å². The molecule has 0 radical (unpaired) electrons. The fourth-order valence-electron chi connectivity index (χ4n) is 1.09. The third-order valence-electron chi connectivity index (χ3n) is 2.38. The molecule has 0 heterocycles. The van der Waals surface area contributed by atoms with Crippen LogP contribution in [-0.4, -0.2) is 32.2 Å². The van der Waals surface area contributed by atoms with Gasteiger partial charge in [0.15, 0.2) is 0 Å². The topological polar surface area (TPSA) is 66.5 Å². The summed E-state index contributed by atoms with van der Waals surface area (Å²) in [5.41, 5.74) is 0. The van der Waals surface area contributed by atoms with E-state index in [1.165, 1.54) is 11.4 Å². The molecule has 0 aromatic carbocycles. The van der Waals surface area contributed by atoms with E-state index in [4.69, 9.17) is 0 Å². The number of hydrogen-bond donors (Lipinski definition) is 1. The van der Waals surface area contributed by atoms with Gasteiger partial charge in [0.05, 0.1) is 0 Å². The average Bonchev–Trinajstić information content (AvgIpc) is 2.87. The Labute approximate surface area is 91.0 Å². The molecule has 15 heavy (non-hydrogen) atoms. The molecule has 1 rings (SSSR count). The minimum Gasteiger partial charge on any atom is -0.274 e. The Morgan fingerprint density at radius 3 is 2.40 bits per heavy atom. The molecule has 6 heteroatoms. The Kier molecular flexibility index (Phi) is 3.72. The summed E-state index contributed by atoms with van der Waals surface area (Å²) in [5.74, 6) is -0.313. The van der Waals surface area contributed by atoms with E-state index in [0.29, 0.717) is 12.5 Å². The Morgan fingerprint density at radius 2 is 2.00 bits per heavy atom. The standard InChI is InChI=1S/C9H18N2O3S/c1-7(2)9(12)10-15(13,14)11(3)6-8-4-5-8/h7-8H,4-6H2,1-3H3,(H,10,12). The van der Waals surface area contributed by atoms with Crippen molar-refractivity contribution in [2.24, 2.45) is 11.8 Å². The van der Waals surface area contributed by atoms with E-state index in [-0.39, 0.29) is 5.92 Å². The van der Waals surface area contributed by atoms with Gasteiger partial charge in [-0.15, -0.1) is 0 Å². The maximum atomic E-state index is 11.6. The van der Waals surface area contributed by atoms with Gasteiger partial charge in [-0.05, 0) is 18.8 Å². The van der Waals surface area contributed by atoms with Gasteiger partial charge in [0.2, 0.25) is 5.91 Å². The molecular weight excluding hydrogens is 216 g/mol. The zero-order chi connectivity index (χ0) is 11.6. The molecule has 1 aliphatic carbocycles. The highest BCUT2D eigenvalue weighted by molar-refractivity contribution is 7.87. The minimum atomic E-state index is -3.63. The molecule has 0 aliphatic heterocycles. The molecule has 5 nitrogen and oxygen atoms in total. The number of carbonyl (C=O) groups is 1. The van der Waals surface area contributed by atoms with Crippen LogP contribution in [0.4, 0.5) is 0 Å². The highest BCUT2D eigenvalue weighted by Gasteiger charge is 2.29. The summed E-state index contributed by atoms with van der Waals surface area (Å²) in [6.07, 6.45) is 2.16. The van der Waals surface area contributed by atoms with Crippen molar-refractivity contribution in [3.63, 3.8) is 0 Å². The Bertz CT molecular complexity index is 333. The molecule has 0 atom stereocenters. The number of nitrogens with one attached hydrogen (secondary N) is 1. The second kappa shape index (κ2) is 4.49. The first kappa shape index (κ1) is 12.4. The van der Waals surface area contributed by atoms with Gasteiger partial charge in [0.25, 0.3) is 0 Å². The number of nitrogens with zero attached hydrogens (tertiary/aromatic N) is 1. The van der Waals surface area contributed by atoms with Crippen LogP contribution >= 0.6 is 0 Å². The van der Waals surface area contributed by atoms with Crippen molar-refractivity contribution < 1.29 is 13.2 Å². The monoisotopic (exact) mass is 234 g/mol. The van der Waals surface area contributed by atoms with E-state index in [1.54, 1.807) is 13.8 Å². The summed E-state index contributed by atoms with van der Waals surface area (Å²) in [6.45, 7) is 3.82. The molecule has 0 aromatic heterocycles. The molecule has 88 valence electrons. The summed E-state index contributed by atoms with van der Waals surface area (Å²) >= 11 is 0. The third-order valence-corrected chi connectivity index (χ3v) is 3.81. The predicted octanol–water partition coefficient (Wildman–Crippen LogP) is 0.345. The highest BCUT2D eigenvalue weighted by atomic mass is 32.2. The van der Waals surface area contributed by atoms with Gasteiger partial charge < -0.3 is 0 Å². The SMILES string of the molecule is CC(C)C(=O)NS(=O)(=O)N(C)CC1CC1. The molecule has 0 bridgehead atoms. The minimum absolute atomic E-state index is 0.325. The van der Waals surface area contributed by atoms with Crippen molar-refractivity contribution in [3.8, 4) is 0 Å². The van der Waals surface area contributed by atoms with Crippen LogP contribution < -0.4 is 4.72 Å². The molecule has 1 aliphatic rings. The van der Waals surface area contributed by atoms with Crippen molar-refractivity contribution in [1.29, 1.82) is 0 Å². The van der Waals surface area contributed by atoms with Crippen molar-refractivity contribution in [1.82, 2.24) is 9.03 Å². The van der Waals surface area contributed by atoms with E-state index >= 15 is 0 Å². The van der Waals surface area contributed by atoms with Crippen molar-refractivity contribution >= 4 is 16.1 Å². The molecule has 0 unspecified atom stereocenters. The van der Waals surface area contributed by atoms with Crippen LogP contribution in [0.3, 0.4) is 0 Å². The molecule has 1 N–H and O–H groups in total. The van der Waals surface area contributed by atoms with Crippen molar-refractivity contribution in [3.05, 3.63) is 0 Å². The van der Waals surface area contributed by atoms with E-state index in [2.05, 4.69) is 0 Å². The molecular formula is C9H18N2O3S.